The number of aryl methyl sites for hydroxylation is 1. The van der Waals surface area contributed by atoms with E-state index in [9.17, 15) is 9.18 Å². The number of anilines is 2. The van der Waals surface area contributed by atoms with Crippen molar-refractivity contribution in [2.45, 2.75) is 25.3 Å². The summed E-state index contributed by atoms with van der Waals surface area (Å²) in [5.41, 5.74) is 5.01. The van der Waals surface area contributed by atoms with Crippen LogP contribution in [0.1, 0.15) is 34.0 Å². The highest BCUT2D eigenvalue weighted by Crippen LogP contribution is 2.42. The number of benzene rings is 2. The number of hydrogen-bond acceptors (Lipinski definition) is 5. The van der Waals surface area contributed by atoms with Gasteiger partial charge in [-0.1, -0.05) is 18.2 Å². The van der Waals surface area contributed by atoms with Gasteiger partial charge in [0.25, 0.3) is 5.91 Å². The summed E-state index contributed by atoms with van der Waals surface area (Å²) in [6.07, 6.45) is 6.07. The van der Waals surface area contributed by atoms with E-state index < -0.39 is 0 Å². The molecule has 0 aliphatic heterocycles. The Morgan fingerprint density at radius 3 is 2.58 bits per heavy atom. The summed E-state index contributed by atoms with van der Waals surface area (Å²) in [4.78, 5) is 21.4. The van der Waals surface area contributed by atoms with Crippen molar-refractivity contribution in [1.82, 2.24) is 25.1 Å². The first-order chi connectivity index (χ1) is 16.0. The molecule has 7 nitrogen and oxygen atoms in total. The highest BCUT2D eigenvalue weighted by molar-refractivity contribution is 5.95. The smallest absolute Gasteiger partial charge is 0.251 e. The lowest BCUT2D eigenvalue weighted by Crippen LogP contribution is -2.26. The Kier molecular flexibility index (Phi) is 5.34. The Balaban J connectivity index is 1.23. The Bertz CT molecular complexity index is 1320. The van der Waals surface area contributed by atoms with Crippen molar-refractivity contribution in [3.8, 4) is 11.1 Å². The summed E-state index contributed by atoms with van der Waals surface area (Å²) in [5, 5.41) is 10.5. The lowest BCUT2D eigenvalue weighted by molar-refractivity contribution is 0.0950. The molecule has 1 aliphatic carbocycles. The molecule has 166 valence electrons. The van der Waals surface area contributed by atoms with E-state index in [-0.39, 0.29) is 17.8 Å². The number of rotatable bonds is 6. The quantitative estimate of drug-likeness (QED) is 0.464. The van der Waals surface area contributed by atoms with Crippen LogP contribution >= 0.6 is 0 Å². The van der Waals surface area contributed by atoms with Gasteiger partial charge in [0.1, 0.15) is 5.82 Å². The molecule has 1 amide bonds. The van der Waals surface area contributed by atoms with Crippen LogP contribution in [0.15, 0.2) is 67.1 Å². The molecule has 2 atom stereocenters. The SMILES string of the molecule is Cc1c(C2CC2NC(=O)c2cccc(Nc3ncc(-c4cccc(F)c4)cn3)c2)cnn1C. The second kappa shape index (κ2) is 8.46. The van der Waals surface area contributed by atoms with Gasteiger partial charge in [0.05, 0.1) is 6.20 Å². The van der Waals surface area contributed by atoms with Crippen LogP contribution in [0.4, 0.5) is 16.0 Å². The molecular weight excluding hydrogens is 419 g/mol. The van der Waals surface area contributed by atoms with E-state index in [0.29, 0.717) is 28.7 Å². The maximum atomic E-state index is 13.4. The highest BCUT2D eigenvalue weighted by Gasteiger charge is 2.41. The molecule has 8 heteroatoms. The lowest BCUT2D eigenvalue weighted by Gasteiger charge is -2.09. The van der Waals surface area contributed by atoms with Crippen molar-refractivity contribution < 1.29 is 9.18 Å². The zero-order valence-electron chi connectivity index (χ0n) is 18.3. The number of hydrogen-bond donors (Lipinski definition) is 2. The van der Waals surface area contributed by atoms with Gasteiger partial charge in [-0.25, -0.2) is 14.4 Å². The molecule has 2 aromatic heterocycles. The third kappa shape index (κ3) is 4.45. The molecule has 2 aromatic carbocycles. The van der Waals surface area contributed by atoms with Crippen LogP contribution in [0.3, 0.4) is 0 Å². The van der Waals surface area contributed by atoms with E-state index in [1.54, 1.807) is 36.7 Å². The highest BCUT2D eigenvalue weighted by atomic mass is 19.1. The number of halogens is 1. The number of carbonyl (C=O) groups excluding carboxylic acids is 1. The van der Waals surface area contributed by atoms with E-state index in [1.807, 2.05) is 37.0 Å². The second-order valence-corrected chi connectivity index (χ2v) is 8.24. The molecule has 4 aromatic rings. The molecule has 0 spiro atoms. The molecule has 1 aliphatic rings. The van der Waals surface area contributed by atoms with E-state index in [0.717, 1.165) is 17.7 Å². The fraction of sp³-hybridized carbons (Fsp3) is 0.200. The Labute approximate surface area is 190 Å². The normalized spacial score (nSPS) is 16.9. The van der Waals surface area contributed by atoms with Crippen LogP contribution in [0.25, 0.3) is 11.1 Å². The van der Waals surface area contributed by atoms with E-state index >= 15 is 0 Å². The molecule has 0 saturated heterocycles. The fourth-order valence-electron chi connectivity index (χ4n) is 3.91. The third-order valence-corrected chi connectivity index (χ3v) is 5.97. The molecule has 0 bridgehead atoms. The van der Waals surface area contributed by atoms with E-state index in [2.05, 4.69) is 25.7 Å². The number of amides is 1. The van der Waals surface area contributed by atoms with Gasteiger partial charge < -0.3 is 10.6 Å². The Morgan fingerprint density at radius 2 is 1.85 bits per heavy atom. The van der Waals surface area contributed by atoms with Gasteiger partial charge in [-0.2, -0.15) is 5.10 Å². The van der Waals surface area contributed by atoms with Gasteiger partial charge in [-0.15, -0.1) is 0 Å². The molecule has 5 rings (SSSR count). The van der Waals surface area contributed by atoms with Crippen molar-refractivity contribution in [1.29, 1.82) is 0 Å². The third-order valence-electron chi connectivity index (χ3n) is 5.97. The van der Waals surface area contributed by atoms with Crippen LogP contribution in [0.2, 0.25) is 0 Å². The largest absolute Gasteiger partial charge is 0.349 e. The molecule has 1 saturated carbocycles. The van der Waals surface area contributed by atoms with Crippen LogP contribution in [-0.2, 0) is 7.05 Å². The maximum Gasteiger partial charge on any atom is 0.251 e. The Morgan fingerprint density at radius 1 is 1.06 bits per heavy atom. The van der Waals surface area contributed by atoms with Crippen molar-refractivity contribution in [3.05, 3.63) is 89.8 Å². The maximum absolute atomic E-state index is 13.4. The van der Waals surface area contributed by atoms with Gasteiger partial charge in [0.2, 0.25) is 5.95 Å². The number of carbonyl (C=O) groups is 1. The summed E-state index contributed by atoms with van der Waals surface area (Å²) in [6, 6.07) is 13.6. The van der Waals surface area contributed by atoms with Crippen LogP contribution < -0.4 is 10.6 Å². The van der Waals surface area contributed by atoms with Gasteiger partial charge >= 0.3 is 0 Å². The summed E-state index contributed by atoms with van der Waals surface area (Å²) >= 11 is 0. The fourth-order valence-corrected chi connectivity index (χ4v) is 3.91. The van der Waals surface area contributed by atoms with Gasteiger partial charge in [0.15, 0.2) is 0 Å². The molecule has 2 unspecified atom stereocenters. The van der Waals surface area contributed by atoms with Gasteiger partial charge in [-0.05, 0) is 54.8 Å². The summed E-state index contributed by atoms with van der Waals surface area (Å²) in [7, 11) is 1.92. The van der Waals surface area contributed by atoms with Crippen molar-refractivity contribution in [2.75, 3.05) is 5.32 Å². The molecule has 33 heavy (non-hydrogen) atoms. The minimum Gasteiger partial charge on any atom is -0.349 e. The monoisotopic (exact) mass is 442 g/mol. The first-order valence-electron chi connectivity index (χ1n) is 10.7. The van der Waals surface area contributed by atoms with E-state index in [4.69, 9.17) is 0 Å². The first kappa shape index (κ1) is 20.8. The van der Waals surface area contributed by atoms with Crippen molar-refractivity contribution >= 4 is 17.5 Å². The number of nitrogens with one attached hydrogen (secondary N) is 2. The lowest BCUT2D eigenvalue weighted by atomic mass is 10.1. The van der Waals surface area contributed by atoms with Gasteiger partial charge in [0, 0.05) is 53.9 Å². The molecular formula is C25H23FN6O. The number of nitrogens with zero attached hydrogens (tertiary/aromatic N) is 4. The summed E-state index contributed by atoms with van der Waals surface area (Å²) in [5.74, 6) is 0.281. The summed E-state index contributed by atoms with van der Waals surface area (Å²) < 4.78 is 15.3. The minimum atomic E-state index is -0.308. The predicted octanol–water partition coefficient (Wildman–Crippen LogP) is 4.35. The minimum absolute atomic E-state index is 0.116. The first-order valence-corrected chi connectivity index (χ1v) is 10.7. The number of aromatic nitrogens is 4. The Hall–Kier alpha value is -4.07. The van der Waals surface area contributed by atoms with Crippen LogP contribution in [-0.4, -0.2) is 31.7 Å². The summed E-state index contributed by atoms with van der Waals surface area (Å²) in [6.45, 7) is 2.04. The zero-order chi connectivity index (χ0) is 22.9. The molecule has 2 N–H and O–H groups in total. The van der Waals surface area contributed by atoms with Gasteiger partial charge in [-0.3, -0.25) is 9.48 Å². The molecule has 0 radical (unpaired) electrons. The van der Waals surface area contributed by atoms with Crippen molar-refractivity contribution in [2.24, 2.45) is 7.05 Å². The standard InChI is InChI=1S/C25H23FN6O/c1-15-22(14-29-32(15)2)21-11-23(21)31-24(33)17-6-4-8-20(10-17)30-25-27-12-18(13-28-25)16-5-3-7-19(26)9-16/h3-10,12-14,21,23H,11H2,1-2H3,(H,31,33)(H,27,28,30). The van der Waals surface area contributed by atoms with Crippen LogP contribution in [0.5, 0.6) is 0 Å². The zero-order valence-corrected chi connectivity index (χ0v) is 18.3. The van der Waals surface area contributed by atoms with E-state index in [1.165, 1.54) is 17.7 Å². The molecule has 1 fully saturated rings. The topological polar surface area (TPSA) is 84.7 Å². The average Bonchev–Trinajstić information content (AvgIpc) is 3.49. The van der Waals surface area contributed by atoms with Crippen molar-refractivity contribution in [3.63, 3.8) is 0 Å². The predicted molar refractivity (Wildman–Crippen MR) is 124 cm³/mol. The molecule has 2 heterocycles. The average molecular weight is 442 g/mol. The van der Waals surface area contributed by atoms with Crippen LogP contribution in [0, 0.1) is 12.7 Å². The second-order valence-electron chi connectivity index (χ2n) is 8.24.